The number of fused-ring (bicyclic) bond motifs is 5. The number of para-hydroxylation sites is 2. The quantitative estimate of drug-likeness (QED) is 0.212. The van der Waals surface area contributed by atoms with Crippen LogP contribution in [-0.4, -0.2) is 53.3 Å². The number of nitrogens with one attached hydrogen (secondary N) is 1. The molecule has 6 nitrogen and oxygen atoms in total. The minimum Gasteiger partial charge on any atom is -0.490 e. The van der Waals surface area contributed by atoms with Crippen molar-refractivity contribution in [3.8, 4) is 28.1 Å². The smallest absolute Gasteiger partial charge is 0.335 e. The number of ether oxygens (including phenoxy) is 1. The predicted molar refractivity (Wildman–Crippen MR) is 184 cm³/mol. The summed E-state index contributed by atoms with van der Waals surface area (Å²) in [7, 11) is 0. The van der Waals surface area contributed by atoms with Gasteiger partial charge in [-0.1, -0.05) is 62.1 Å². The minimum atomic E-state index is -0.886. The standard InChI is InChI=1S/C36H41N3O3.2ClH/c40-36(41)26-16-17-29-32(24-26)39-22-23-42-35-28(13-9-14-30(35)34(39)33(29)25-10-3-1-4-11-25)27-12-5-6-15-31(27)37-18-21-38-19-7-2-8-20-38;;/h5-6,9,12-17,24-25,37H,1-4,7-8,10-11,18-23H2,(H,40,41);2*1H. The Labute approximate surface area is 272 Å². The second-order valence-electron chi connectivity index (χ2n) is 12.2. The van der Waals surface area contributed by atoms with E-state index in [2.05, 4.69) is 63.3 Å². The Morgan fingerprint density at radius 2 is 1.57 bits per heavy atom. The molecule has 8 heteroatoms. The third kappa shape index (κ3) is 6.17. The van der Waals surface area contributed by atoms with Crippen molar-refractivity contribution < 1.29 is 14.6 Å². The number of piperidine rings is 1. The summed E-state index contributed by atoms with van der Waals surface area (Å²) in [6, 6.07) is 20.8. The number of nitrogens with zero attached hydrogens (tertiary/aromatic N) is 2. The maximum absolute atomic E-state index is 11.9. The number of aromatic carboxylic acids is 1. The fourth-order valence-electron chi connectivity index (χ4n) is 7.57. The number of benzene rings is 3. The number of hydrogen-bond acceptors (Lipinski definition) is 4. The molecule has 1 aliphatic carbocycles. The topological polar surface area (TPSA) is 66.7 Å². The molecule has 1 saturated carbocycles. The average molecular weight is 637 g/mol. The van der Waals surface area contributed by atoms with Crippen LogP contribution in [0, 0.1) is 0 Å². The molecule has 0 spiro atoms. The molecule has 234 valence electrons. The number of anilines is 1. The van der Waals surface area contributed by atoms with Crippen LogP contribution in [0.15, 0.2) is 60.7 Å². The van der Waals surface area contributed by atoms with E-state index < -0.39 is 5.97 Å². The van der Waals surface area contributed by atoms with Crippen LogP contribution in [0.2, 0.25) is 0 Å². The number of hydrogen-bond donors (Lipinski definition) is 2. The first-order chi connectivity index (χ1) is 20.7. The molecule has 3 aliphatic rings. The van der Waals surface area contributed by atoms with E-state index in [9.17, 15) is 9.90 Å². The molecule has 3 heterocycles. The van der Waals surface area contributed by atoms with Crippen LogP contribution < -0.4 is 10.1 Å². The Morgan fingerprint density at radius 1 is 0.841 bits per heavy atom. The van der Waals surface area contributed by atoms with Gasteiger partial charge in [0.1, 0.15) is 12.4 Å². The zero-order valence-corrected chi connectivity index (χ0v) is 26.9. The third-order valence-electron chi connectivity index (χ3n) is 9.60. The SMILES string of the molecule is Cl.Cl.O=C(O)c1ccc2c(C3CCCCC3)c3n(c2c1)CCOc1c(-c2ccccc2NCCN2CCCCC2)cccc1-3. The molecule has 0 atom stereocenters. The Balaban J connectivity index is 0.00000192. The number of carboxylic acids is 1. The van der Waals surface area contributed by atoms with E-state index in [0.29, 0.717) is 24.6 Å². The molecular weight excluding hydrogens is 593 g/mol. The fraction of sp³-hybridized carbons (Fsp3) is 0.417. The van der Waals surface area contributed by atoms with E-state index in [1.54, 1.807) is 6.07 Å². The van der Waals surface area contributed by atoms with Crippen molar-refractivity contribution in [1.29, 1.82) is 0 Å². The van der Waals surface area contributed by atoms with E-state index in [0.717, 1.165) is 46.7 Å². The zero-order valence-electron chi connectivity index (χ0n) is 25.2. The van der Waals surface area contributed by atoms with Gasteiger partial charge in [0.15, 0.2) is 0 Å². The Kier molecular flexibility index (Phi) is 10.5. The van der Waals surface area contributed by atoms with Crippen LogP contribution in [0.5, 0.6) is 5.75 Å². The molecule has 0 bridgehead atoms. The highest BCUT2D eigenvalue weighted by molar-refractivity contribution is 6.00. The molecule has 44 heavy (non-hydrogen) atoms. The summed E-state index contributed by atoms with van der Waals surface area (Å²) in [6.07, 6.45) is 10.1. The summed E-state index contributed by atoms with van der Waals surface area (Å²) in [5, 5.41) is 14.7. The Bertz CT molecular complexity index is 1610. The molecule has 0 amide bonds. The van der Waals surface area contributed by atoms with Gasteiger partial charge in [0.05, 0.1) is 17.8 Å². The van der Waals surface area contributed by atoms with E-state index in [1.807, 2.05) is 6.07 Å². The summed E-state index contributed by atoms with van der Waals surface area (Å²) in [5.41, 5.74) is 8.44. The van der Waals surface area contributed by atoms with Crippen molar-refractivity contribution in [2.75, 3.05) is 38.1 Å². The number of aromatic nitrogens is 1. The third-order valence-corrected chi connectivity index (χ3v) is 9.60. The lowest BCUT2D eigenvalue weighted by Gasteiger charge is -2.26. The lowest BCUT2D eigenvalue weighted by Crippen LogP contribution is -2.33. The summed E-state index contributed by atoms with van der Waals surface area (Å²) in [5.74, 6) is 0.509. The zero-order chi connectivity index (χ0) is 28.5. The van der Waals surface area contributed by atoms with Crippen LogP contribution in [0.25, 0.3) is 33.3 Å². The molecule has 2 fully saturated rings. The maximum atomic E-state index is 11.9. The second-order valence-corrected chi connectivity index (χ2v) is 12.2. The van der Waals surface area contributed by atoms with Crippen molar-refractivity contribution >= 4 is 47.4 Å². The Hall–Kier alpha value is -3.19. The molecule has 1 aromatic heterocycles. The van der Waals surface area contributed by atoms with E-state index in [4.69, 9.17) is 4.74 Å². The fourth-order valence-corrected chi connectivity index (χ4v) is 7.57. The molecule has 3 aromatic carbocycles. The van der Waals surface area contributed by atoms with E-state index in [1.165, 1.54) is 81.1 Å². The van der Waals surface area contributed by atoms with Gasteiger partial charge in [0.2, 0.25) is 0 Å². The van der Waals surface area contributed by atoms with Crippen LogP contribution >= 0.6 is 24.8 Å². The lowest BCUT2D eigenvalue weighted by molar-refractivity contribution is 0.0697. The van der Waals surface area contributed by atoms with Gasteiger partial charge in [-0.3, -0.25) is 0 Å². The molecule has 2 aliphatic heterocycles. The van der Waals surface area contributed by atoms with E-state index in [-0.39, 0.29) is 24.8 Å². The number of rotatable bonds is 7. The summed E-state index contributed by atoms with van der Waals surface area (Å²) in [6.45, 7) is 5.60. The molecule has 2 N–H and O–H groups in total. The van der Waals surface area contributed by atoms with Crippen molar-refractivity contribution in [2.24, 2.45) is 0 Å². The highest BCUT2D eigenvalue weighted by Crippen LogP contribution is 2.50. The first-order valence-corrected chi connectivity index (χ1v) is 15.9. The normalized spacial score (nSPS) is 16.9. The van der Waals surface area contributed by atoms with Crippen LogP contribution in [0.4, 0.5) is 5.69 Å². The minimum absolute atomic E-state index is 0. The predicted octanol–water partition coefficient (Wildman–Crippen LogP) is 8.86. The van der Waals surface area contributed by atoms with Crippen LogP contribution in [0.3, 0.4) is 0 Å². The van der Waals surface area contributed by atoms with Gasteiger partial charge in [-0.15, -0.1) is 24.8 Å². The summed E-state index contributed by atoms with van der Waals surface area (Å²) < 4.78 is 8.96. The van der Waals surface area contributed by atoms with Gasteiger partial charge in [-0.25, -0.2) is 4.79 Å². The average Bonchev–Trinajstić information content (AvgIpc) is 3.22. The van der Waals surface area contributed by atoms with Crippen molar-refractivity contribution in [2.45, 2.75) is 63.8 Å². The van der Waals surface area contributed by atoms with Gasteiger partial charge in [0.25, 0.3) is 0 Å². The lowest BCUT2D eigenvalue weighted by atomic mass is 9.81. The van der Waals surface area contributed by atoms with Gasteiger partial charge in [0, 0.05) is 46.4 Å². The monoisotopic (exact) mass is 635 g/mol. The number of carbonyl (C=O) groups is 1. The van der Waals surface area contributed by atoms with E-state index >= 15 is 0 Å². The van der Waals surface area contributed by atoms with Crippen LogP contribution in [0.1, 0.15) is 73.2 Å². The highest BCUT2D eigenvalue weighted by Gasteiger charge is 2.30. The Morgan fingerprint density at radius 3 is 2.36 bits per heavy atom. The summed E-state index contributed by atoms with van der Waals surface area (Å²) in [4.78, 5) is 14.5. The summed E-state index contributed by atoms with van der Waals surface area (Å²) >= 11 is 0. The maximum Gasteiger partial charge on any atom is 0.335 e. The van der Waals surface area contributed by atoms with Crippen molar-refractivity contribution in [3.63, 3.8) is 0 Å². The van der Waals surface area contributed by atoms with Gasteiger partial charge in [-0.05, 0) is 74.5 Å². The molecule has 0 radical (unpaired) electrons. The molecule has 7 rings (SSSR count). The van der Waals surface area contributed by atoms with Crippen molar-refractivity contribution in [1.82, 2.24) is 9.47 Å². The second kappa shape index (κ2) is 14.3. The first kappa shape index (κ1) is 32.2. The largest absolute Gasteiger partial charge is 0.490 e. The van der Waals surface area contributed by atoms with Gasteiger partial charge in [-0.2, -0.15) is 0 Å². The van der Waals surface area contributed by atoms with Crippen LogP contribution in [-0.2, 0) is 6.54 Å². The first-order valence-electron chi connectivity index (χ1n) is 15.9. The number of halogens is 2. The molecule has 4 aromatic rings. The molecular formula is C36H43Cl2N3O3. The molecule has 0 unspecified atom stereocenters. The van der Waals surface area contributed by atoms with Gasteiger partial charge >= 0.3 is 5.97 Å². The highest BCUT2D eigenvalue weighted by atomic mass is 35.5. The van der Waals surface area contributed by atoms with Crippen molar-refractivity contribution in [3.05, 3.63) is 71.8 Å². The van der Waals surface area contributed by atoms with Gasteiger partial charge < -0.3 is 24.6 Å². The number of carboxylic acid groups (broad SMARTS) is 1. The molecule has 1 saturated heterocycles. The number of likely N-dealkylation sites (tertiary alicyclic amines) is 1.